The summed E-state index contributed by atoms with van der Waals surface area (Å²) < 4.78 is 11.7. The van der Waals surface area contributed by atoms with Crippen LogP contribution in [0.1, 0.15) is 47.0 Å². The van der Waals surface area contributed by atoms with Gasteiger partial charge in [0.25, 0.3) is 0 Å². The van der Waals surface area contributed by atoms with E-state index < -0.39 is 8.32 Å². The molecule has 1 rings (SSSR count). The number of hydrogen-bond acceptors (Lipinski definition) is 3. The van der Waals surface area contributed by atoms with E-state index in [9.17, 15) is 4.79 Å². The van der Waals surface area contributed by atoms with Crippen LogP contribution in [-0.2, 0) is 14.0 Å². The van der Waals surface area contributed by atoms with Crippen molar-refractivity contribution in [1.29, 1.82) is 0 Å². The first-order valence-corrected chi connectivity index (χ1v) is 11.7. The fraction of sp³-hybridized carbons (Fsp3) is 0.824. The second-order valence-electron chi connectivity index (χ2n) is 7.76. The highest BCUT2D eigenvalue weighted by atomic mass is 79.9. The van der Waals surface area contributed by atoms with Gasteiger partial charge in [-0.2, -0.15) is 0 Å². The molecule has 0 aliphatic carbocycles. The zero-order valence-electron chi connectivity index (χ0n) is 14.7. The molecule has 1 aliphatic rings. The molecule has 0 N–H and O–H groups in total. The molecule has 3 atom stereocenters. The van der Waals surface area contributed by atoms with E-state index in [-0.39, 0.29) is 23.0 Å². The van der Waals surface area contributed by atoms with E-state index in [1.165, 1.54) is 0 Å². The average molecular weight is 389 g/mol. The van der Waals surface area contributed by atoms with Crippen LogP contribution in [0.15, 0.2) is 0 Å². The van der Waals surface area contributed by atoms with Gasteiger partial charge in [0.05, 0.1) is 5.92 Å². The lowest BCUT2D eigenvalue weighted by molar-refractivity contribution is -0.159. The van der Waals surface area contributed by atoms with Crippen molar-refractivity contribution in [3.05, 3.63) is 0 Å². The zero-order valence-corrected chi connectivity index (χ0v) is 17.2. The van der Waals surface area contributed by atoms with Gasteiger partial charge >= 0.3 is 5.97 Å². The van der Waals surface area contributed by atoms with Gasteiger partial charge in [-0.15, -0.1) is 0 Å². The monoisotopic (exact) mass is 388 g/mol. The molecule has 0 radical (unpaired) electrons. The van der Waals surface area contributed by atoms with Crippen LogP contribution in [-0.4, -0.2) is 27.0 Å². The van der Waals surface area contributed by atoms with Crippen LogP contribution in [0.3, 0.4) is 0 Å². The van der Waals surface area contributed by atoms with E-state index in [1.807, 2.05) is 6.92 Å². The van der Waals surface area contributed by atoms with Gasteiger partial charge < -0.3 is 9.16 Å². The fourth-order valence-electron chi connectivity index (χ4n) is 2.31. The molecular weight excluding hydrogens is 360 g/mol. The first kappa shape index (κ1) is 19.7. The summed E-state index contributed by atoms with van der Waals surface area (Å²) in [6.07, 6.45) is 2.22. The molecule has 5 heteroatoms. The number of hydrogen-bond donors (Lipinski definition) is 0. The molecule has 3 nitrogen and oxygen atoms in total. The Kier molecular flexibility index (Phi) is 7.16. The summed E-state index contributed by atoms with van der Waals surface area (Å²) in [7, 11) is -1.70. The van der Waals surface area contributed by atoms with Crippen molar-refractivity contribution in [2.24, 2.45) is 11.8 Å². The quantitative estimate of drug-likeness (QED) is 0.388. The van der Waals surface area contributed by atoms with E-state index in [1.54, 1.807) is 0 Å². The number of cyclic esters (lactones) is 1. The summed E-state index contributed by atoms with van der Waals surface area (Å²) in [5.74, 6) is 3.33. The van der Waals surface area contributed by atoms with Gasteiger partial charge in [-0.25, -0.2) is 0 Å². The molecule has 0 saturated carbocycles. The Morgan fingerprint density at radius 3 is 2.64 bits per heavy atom. The molecule has 0 aromatic rings. The lowest BCUT2D eigenvalue weighted by atomic mass is 9.88. The molecule has 1 saturated heterocycles. The van der Waals surface area contributed by atoms with Crippen molar-refractivity contribution < 1.29 is 14.0 Å². The van der Waals surface area contributed by atoms with Crippen molar-refractivity contribution >= 4 is 30.2 Å². The number of carbonyl (C=O) groups excluding carboxylic acids is 1. The van der Waals surface area contributed by atoms with Crippen LogP contribution in [0.25, 0.3) is 0 Å². The predicted octanol–water partition coefficient (Wildman–Crippen LogP) is 4.71. The van der Waals surface area contributed by atoms with E-state index >= 15 is 0 Å². The Bertz CT molecular complexity index is 445. The molecule has 0 aromatic heterocycles. The second-order valence-corrected chi connectivity index (χ2v) is 13.0. The lowest BCUT2D eigenvalue weighted by Crippen LogP contribution is -2.41. The van der Waals surface area contributed by atoms with Gasteiger partial charge in [0.15, 0.2) is 8.32 Å². The smallest absolute Gasteiger partial charge is 0.306 e. The van der Waals surface area contributed by atoms with Crippen LogP contribution in [0.4, 0.5) is 0 Å². The van der Waals surface area contributed by atoms with Crippen molar-refractivity contribution in [3.8, 4) is 10.8 Å². The molecule has 1 fully saturated rings. The summed E-state index contributed by atoms with van der Waals surface area (Å²) in [5.41, 5.74) is 0. The van der Waals surface area contributed by atoms with Gasteiger partial charge in [0, 0.05) is 29.0 Å². The molecule has 1 aliphatic heterocycles. The van der Waals surface area contributed by atoms with Crippen molar-refractivity contribution in [2.75, 3.05) is 6.61 Å². The summed E-state index contributed by atoms with van der Waals surface area (Å²) in [4.78, 5) is 14.5. The highest BCUT2D eigenvalue weighted by Crippen LogP contribution is 2.37. The number of esters is 1. The van der Waals surface area contributed by atoms with Crippen LogP contribution in [0.5, 0.6) is 0 Å². The fourth-order valence-corrected chi connectivity index (χ4v) is 3.74. The molecule has 22 heavy (non-hydrogen) atoms. The first-order valence-electron chi connectivity index (χ1n) is 8.01. The maximum absolute atomic E-state index is 11.8. The number of rotatable bonds is 5. The van der Waals surface area contributed by atoms with Gasteiger partial charge in [0.2, 0.25) is 0 Å². The lowest BCUT2D eigenvalue weighted by Gasteiger charge is -2.37. The van der Waals surface area contributed by atoms with E-state index in [2.05, 4.69) is 60.5 Å². The molecule has 0 spiro atoms. The van der Waals surface area contributed by atoms with Crippen LogP contribution >= 0.6 is 15.9 Å². The number of halogens is 1. The summed E-state index contributed by atoms with van der Waals surface area (Å²) in [6.45, 7) is 14.0. The van der Waals surface area contributed by atoms with Crippen molar-refractivity contribution in [1.82, 2.24) is 0 Å². The Balaban J connectivity index is 2.51. The minimum Gasteiger partial charge on any atom is -0.461 e. The Morgan fingerprint density at radius 1 is 1.45 bits per heavy atom. The average Bonchev–Trinajstić information content (AvgIpc) is 2.36. The molecule has 1 heterocycles. The second kappa shape index (κ2) is 7.99. The van der Waals surface area contributed by atoms with E-state index in [0.29, 0.717) is 12.3 Å². The van der Waals surface area contributed by atoms with Crippen molar-refractivity contribution in [3.63, 3.8) is 0 Å². The topological polar surface area (TPSA) is 35.5 Å². The maximum atomic E-state index is 11.8. The molecular formula is C17H29BrO3Si. The van der Waals surface area contributed by atoms with Gasteiger partial charge in [-0.3, -0.25) is 4.79 Å². The Morgan fingerprint density at radius 2 is 2.09 bits per heavy atom. The Labute approximate surface area is 144 Å². The normalized spacial score (nSPS) is 24.2. The highest BCUT2D eigenvalue weighted by molar-refractivity contribution is 9.12. The predicted molar refractivity (Wildman–Crippen MR) is 96.2 cm³/mol. The third kappa shape index (κ3) is 5.71. The van der Waals surface area contributed by atoms with Gasteiger partial charge in [-0.1, -0.05) is 26.7 Å². The maximum Gasteiger partial charge on any atom is 0.306 e. The SMILES string of the molecule is C[C@H](C#CBr)[C@H]1C[C@@H](CCO[Si](C)(C)C(C)(C)C)CC(=O)O1. The molecule has 126 valence electrons. The standard InChI is InChI=1S/C17H29BrO3Si/c1-13(7-9-18)15-11-14(12-16(19)21-15)8-10-20-22(5,6)17(2,3)4/h13-15H,8,10-12H2,1-6H3/t13-,14-,15-/m1/s1. The molecule has 0 aromatic carbocycles. The third-order valence-corrected chi connectivity index (χ3v) is 9.71. The van der Waals surface area contributed by atoms with Crippen LogP contribution in [0, 0.1) is 22.6 Å². The third-order valence-electron chi connectivity index (χ3n) is 4.94. The number of carbonyl (C=O) groups is 1. The molecule has 0 amide bonds. The summed E-state index contributed by atoms with van der Waals surface area (Å²) in [5, 5.41) is 0.223. The molecule has 0 unspecified atom stereocenters. The van der Waals surface area contributed by atoms with Crippen LogP contribution < -0.4 is 0 Å². The van der Waals surface area contributed by atoms with E-state index in [0.717, 1.165) is 19.4 Å². The number of ether oxygens (including phenoxy) is 1. The summed E-state index contributed by atoms with van der Waals surface area (Å²) >= 11 is 3.11. The summed E-state index contributed by atoms with van der Waals surface area (Å²) in [6, 6.07) is 0. The Hall–Kier alpha value is -0.313. The van der Waals surface area contributed by atoms with Crippen molar-refractivity contribution in [2.45, 2.75) is 71.2 Å². The molecule has 0 bridgehead atoms. The largest absolute Gasteiger partial charge is 0.461 e. The van der Waals surface area contributed by atoms with E-state index in [4.69, 9.17) is 9.16 Å². The highest BCUT2D eigenvalue weighted by Gasteiger charge is 2.37. The first-order chi connectivity index (χ1) is 10.1. The minimum atomic E-state index is -1.70. The van der Waals surface area contributed by atoms with Crippen LogP contribution in [0.2, 0.25) is 18.1 Å². The van der Waals surface area contributed by atoms with Gasteiger partial charge in [0.1, 0.15) is 6.10 Å². The minimum absolute atomic E-state index is 0.0624. The van der Waals surface area contributed by atoms with Gasteiger partial charge in [-0.05, 0) is 48.6 Å². The zero-order chi connectivity index (χ0) is 17.0.